The van der Waals surface area contributed by atoms with E-state index in [-0.39, 0.29) is 24.7 Å². The van der Waals surface area contributed by atoms with E-state index >= 15 is 0 Å². The number of hydrogen-bond donors (Lipinski definition) is 0. The second kappa shape index (κ2) is 10.1. The number of amides is 1. The summed E-state index contributed by atoms with van der Waals surface area (Å²) in [6, 6.07) is 16.3. The summed E-state index contributed by atoms with van der Waals surface area (Å²) in [5, 5.41) is 0. The molecule has 3 rings (SSSR count). The van der Waals surface area contributed by atoms with E-state index in [1.165, 1.54) is 0 Å². The SMILES string of the molecule is CC(c1ccccc1)N(C)C(=O)COC(=O)c1ccc(OCC2CCCO2)cc1. The van der Waals surface area contributed by atoms with Gasteiger partial charge in [0, 0.05) is 13.7 Å². The van der Waals surface area contributed by atoms with Crippen LogP contribution in [0.5, 0.6) is 5.75 Å². The Bertz CT molecular complexity index is 800. The molecule has 0 aromatic heterocycles. The van der Waals surface area contributed by atoms with Gasteiger partial charge in [-0.3, -0.25) is 4.79 Å². The van der Waals surface area contributed by atoms with Gasteiger partial charge in [0.15, 0.2) is 6.61 Å². The van der Waals surface area contributed by atoms with Crippen molar-refractivity contribution in [2.75, 3.05) is 26.9 Å². The first kappa shape index (κ1) is 20.9. The van der Waals surface area contributed by atoms with Crippen molar-refractivity contribution in [3.05, 3.63) is 65.7 Å². The minimum Gasteiger partial charge on any atom is -0.491 e. The molecule has 2 unspecified atom stereocenters. The van der Waals surface area contributed by atoms with Crippen molar-refractivity contribution in [1.29, 1.82) is 0 Å². The normalized spacial score (nSPS) is 16.8. The van der Waals surface area contributed by atoms with Crippen molar-refractivity contribution >= 4 is 11.9 Å². The van der Waals surface area contributed by atoms with Crippen LogP contribution in [-0.2, 0) is 14.3 Å². The highest BCUT2D eigenvalue weighted by molar-refractivity contribution is 5.91. The minimum atomic E-state index is -0.537. The standard InChI is InChI=1S/C23H27NO5/c1-17(18-7-4-3-5-8-18)24(2)22(25)16-29-23(26)19-10-12-20(13-11-19)28-15-21-9-6-14-27-21/h3-5,7-8,10-13,17,21H,6,9,14-16H2,1-2H3. The molecule has 29 heavy (non-hydrogen) atoms. The highest BCUT2D eigenvalue weighted by Gasteiger charge is 2.19. The number of ether oxygens (including phenoxy) is 3. The molecule has 2 aromatic carbocycles. The average Bonchev–Trinajstić information content (AvgIpc) is 3.29. The third-order valence-corrected chi connectivity index (χ3v) is 5.13. The van der Waals surface area contributed by atoms with Gasteiger partial charge < -0.3 is 19.1 Å². The number of rotatable bonds is 8. The van der Waals surface area contributed by atoms with Crippen molar-refractivity contribution < 1.29 is 23.8 Å². The zero-order valence-electron chi connectivity index (χ0n) is 16.9. The smallest absolute Gasteiger partial charge is 0.338 e. The Morgan fingerprint density at radius 2 is 1.86 bits per heavy atom. The largest absolute Gasteiger partial charge is 0.491 e. The second-order valence-corrected chi connectivity index (χ2v) is 7.14. The van der Waals surface area contributed by atoms with Crippen LogP contribution >= 0.6 is 0 Å². The van der Waals surface area contributed by atoms with Crippen LogP contribution in [0.1, 0.15) is 41.7 Å². The molecule has 2 atom stereocenters. The lowest BCUT2D eigenvalue weighted by Gasteiger charge is -2.25. The molecule has 1 heterocycles. The van der Waals surface area contributed by atoms with E-state index in [2.05, 4.69) is 0 Å². The molecule has 6 heteroatoms. The lowest BCUT2D eigenvalue weighted by Crippen LogP contribution is -2.33. The first-order valence-electron chi connectivity index (χ1n) is 9.87. The van der Waals surface area contributed by atoms with E-state index in [0.29, 0.717) is 17.9 Å². The molecule has 0 N–H and O–H groups in total. The highest BCUT2D eigenvalue weighted by atomic mass is 16.5. The zero-order chi connectivity index (χ0) is 20.6. The molecule has 0 aliphatic carbocycles. The fourth-order valence-corrected chi connectivity index (χ4v) is 3.14. The first-order chi connectivity index (χ1) is 14.0. The van der Waals surface area contributed by atoms with Gasteiger partial charge in [-0.05, 0) is 49.6 Å². The summed E-state index contributed by atoms with van der Waals surface area (Å²) >= 11 is 0. The predicted molar refractivity (Wildman–Crippen MR) is 109 cm³/mol. The summed E-state index contributed by atoms with van der Waals surface area (Å²) in [6.45, 7) is 2.93. The molecule has 1 amide bonds. The molecule has 1 saturated heterocycles. The second-order valence-electron chi connectivity index (χ2n) is 7.14. The van der Waals surface area contributed by atoms with E-state index < -0.39 is 5.97 Å². The Morgan fingerprint density at radius 1 is 1.14 bits per heavy atom. The molecule has 1 aliphatic rings. The van der Waals surface area contributed by atoms with E-state index in [9.17, 15) is 9.59 Å². The topological polar surface area (TPSA) is 65.1 Å². The maximum atomic E-state index is 12.4. The van der Waals surface area contributed by atoms with E-state index in [1.807, 2.05) is 37.3 Å². The van der Waals surface area contributed by atoms with Crippen LogP contribution in [0.25, 0.3) is 0 Å². The Kier molecular flexibility index (Phi) is 7.25. The van der Waals surface area contributed by atoms with Crippen molar-refractivity contribution in [2.45, 2.75) is 31.9 Å². The van der Waals surface area contributed by atoms with Gasteiger partial charge in [-0.25, -0.2) is 4.79 Å². The molecule has 1 aliphatic heterocycles. The first-order valence-corrected chi connectivity index (χ1v) is 9.87. The molecule has 0 spiro atoms. The summed E-state index contributed by atoms with van der Waals surface area (Å²) in [7, 11) is 1.70. The number of benzene rings is 2. The Hall–Kier alpha value is -2.86. The lowest BCUT2D eigenvalue weighted by atomic mass is 10.1. The maximum absolute atomic E-state index is 12.4. The molecule has 1 fully saturated rings. The monoisotopic (exact) mass is 397 g/mol. The zero-order valence-corrected chi connectivity index (χ0v) is 16.9. The van der Waals surface area contributed by atoms with Crippen LogP contribution in [0.3, 0.4) is 0 Å². The lowest BCUT2D eigenvalue weighted by molar-refractivity contribution is -0.135. The van der Waals surface area contributed by atoms with Gasteiger partial charge in [0.05, 0.1) is 17.7 Å². The van der Waals surface area contributed by atoms with Crippen molar-refractivity contribution in [1.82, 2.24) is 4.90 Å². The minimum absolute atomic E-state index is 0.109. The molecule has 2 aromatic rings. The number of nitrogens with zero attached hydrogens (tertiary/aromatic N) is 1. The summed E-state index contributed by atoms with van der Waals surface area (Å²) in [5.74, 6) is -0.124. The molecule has 0 bridgehead atoms. The summed E-state index contributed by atoms with van der Waals surface area (Å²) in [6.07, 6.45) is 2.22. The third-order valence-electron chi connectivity index (χ3n) is 5.13. The quantitative estimate of drug-likeness (QED) is 0.637. The Morgan fingerprint density at radius 3 is 2.52 bits per heavy atom. The van der Waals surface area contributed by atoms with Crippen LogP contribution in [0.4, 0.5) is 0 Å². The molecular formula is C23H27NO5. The van der Waals surface area contributed by atoms with Gasteiger partial charge in [0.1, 0.15) is 12.4 Å². The summed E-state index contributed by atoms with van der Waals surface area (Å²) in [4.78, 5) is 26.2. The molecule has 6 nitrogen and oxygen atoms in total. The third kappa shape index (κ3) is 5.81. The van der Waals surface area contributed by atoms with Crippen molar-refractivity contribution in [2.24, 2.45) is 0 Å². The van der Waals surface area contributed by atoms with Crippen LogP contribution in [0.2, 0.25) is 0 Å². The van der Waals surface area contributed by atoms with Gasteiger partial charge in [-0.1, -0.05) is 30.3 Å². The highest BCUT2D eigenvalue weighted by Crippen LogP contribution is 2.19. The molecule has 0 radical (unpaired) electrons. The van der Waals surface area contributed by atoms with Crippen LogP contribution in [-0.4, -0.2) is 49.7 Å². The number of esters is 1. The molecule has 0 saturated carbocycles. The van der Waals surface area contributed by atoms with Crippen LogP contribution in [0, 0.1) is 0 Å². The van der Waals surface area contributed by atoms with Crippen molar-refractivity contribution in [3.8, 4) is 5.75 Å². The molecule has 154 valence electrons. The van der Waals surface area contributed by atoms with Gasteiger partial charge >= 0.3 is 5.97 Å². The van der Waals surface area contributed by atoms with E-state index in [1.54, 1.807) is 36.2 Å². The summed E-state index contributed by atoms with van der Waals surface area (Å²) in [5.41, 5.74) is 1.40. The van der Waals surface area contributed by atoms with Crippen LogP contribution in [0.15, 0.2) is 54.6 Å². The van der Waals surface area contributed by atoms with Crippen molar-refractivity contribution in [3.63, 3.8) is 0 Å². The number of carbonyl (C=O) groups is 2. The van der Waals surface area contributed by atoms with E-state index in [4.69, 9.17) is 14.2 Å². The number of hydrogen-bond acceptors (Lipinski definition) is 5. The Labute approximate surface area is 171 Å². The average molecular weight is 397 g/mol. The van der Waals surface area contributed by atoms with Gasteiger partial charge in [-0.15, -0.1) is 0 Å². The summed E-state index contributed by atoms with van der Waals surface area (Å²) < 4.78 is 16.4. The van der Waals surface area contributed by atoms with Gasteiger partial charge in [0.25, 0.3) is 5.91 Å². The fraction of sp³-hybridized carbons (Fsp3) is 0.391. The Balaban J connectivity index is 1.46. The van der Waals surface area contributed by atoms with Gasteiger partial charge in [-0.2, -0.15) is 0 Å². The van der Waals surface area contributed by atoms with Gasteiger partial charge in [0.2, 0.25) is 0 Å². The predicted octanol–water partition coefficient (Wildman–Crippen LogP) is 3.62. The fourth-order valence-electron chi connectivity index (χ4n) is 3.14. The number of carbonyl (C=O) groups excluding carboxylic acids is 2. The number of likely N-dealkylation sites (N-methyl/N-ethyl adjacent to an activating group) is 1. The van der Waals surface area contributed by atoms with Crippen LogP contribution < -0.4 is 4.74 Å². The molecular weight excluding hydrogens is 370 g/mol. The van der Waals surface area contributed by atoms with E-state index in [0.717, 1.165) is 25.0 Å². The maximum Gasteiger partial charge on any atom is 0.338 e.